The Morgan fingerprint density at radius 1 is 1.29 bits per heavy atom. The first kappa shape index (κ1) is 14.2. The largest absolute Gasteiger partial charge is 0.329 e. The van der Waals surface area contributed by atoms with E-state index < -0.39 is 0 Å². The smallest absolute Gasteiger partial charge is 0.0971 e. The summed E-state index contributed by atoms with van der Waals surface area (Å²) in [5, 5.41) is 8.96. The molecule has 2 atom stereocenters. The molecule has 2 aromatic rings. The number of nitrogens with two attached hydrogens (primary N) is 1. The van der Waals surface area contributed by atoms with E-state index in [9.17, 15) is 0 Å². The second-order valence-electron chi connectivity index (χ2n) is 5.85. The summed E-state index contributed by atoms with van der Waals surface area (Å²) < 4.78 is 0. The molecule has 5 heteroatoms. The lowest BCUT2D eigenvalue weighted by Crippen LogP contribution is -2.48. The second kappa shape index (κ2) is 6.37. The van der Waals surface area contributed by atoms with Crippen LogP contribution in [0, 0.1) is 5.92 Å². The number of para-hydroxylation sites is 1. The van der Waals surface area contributed by atoms with Gasteiger partial charge in [0.1, 0.15) is 0 Å². The molecule has 0 saturated carbocycles. The number of likely N-dealkylation sites (tertiary alicyclic amines) is 1. The molecule has 1 aromatic heterocycles. The second-order valence-corrected chi connectivity index (χ2v) is 5.85. The molecule has 21 heavy (non-hydrogen) atoms. The summed E-state index contributed by atoms with van der Waals surface area (Å²) in [5.74, 6) is 0.660. The third-order valence-electron chi connectivity index (χ3n) is 4.36. The molecule has 0 radical (unpaired) electrons. The van der Waals surface area contributed by atoms with Gasteiger partial charge in [-0.25, -0.2) is 0 Å². The molecule has 1 aromatic carbocycles. The topological polar surface area (TPSA) is 60.0 Å². The van der Waals surface area contributed by atoms with E-state index in [0.29, 0.717) is 18.5 Å². The van der Waals surface area contributed by atoms with Crippen molar-refractivity contribution in [2.45, 2.75) is 32.4 Å². The van der Waals surface area contributed by atoms with Crippen LogP contribution < -0.4 is 5.73 Å². The maximum Gasteiger partial charge on any atom is 0.0971 e. The van der Waals surface area contributed by atoms with Crippen molar-refractivity contribution in [1.82, 2.24) is 19.9 Å². The quantitative estimate of drug-likeness (QED) is 0.931. The van der Waals surface area contributed by atoms with Gasteiger partial charge in [0.25, 0.3) is 0 Å². The van der Waals surface area contributed by atoms with Crippen LogP contribution in [-0.2, 0) is 6.54 Å². The van der Waals surface area contributed by atoms with E-state index in [1.165, 1.54) is 12.8 Å². The van der Waals surface area contributed by atoms with Gasteiger partial charge in [-0.05, 0) is 37.4 Å². The molecule has 1 aliphatic rings. The number of benzene rings is 1. The molecule has 2 heterocycles. The van der Waals surface area contributed by atoms with Gasteiger partial charge in [0.05, 0.1) is 17.6 Å². The van der Waals surface area contributed by atoms with E-state index in [4.69, 9.17) is 5.73 Å². The van der Waals surface area contributed by atoms with E-state index in [2.05, 4.69) is 22.0 Å². The van der Waals surface area contributed by atoms with E-state index in [1.54, 1.807) is 4.80 Å². The Balaban J connectivity index is 1.72. The number of piperidine rings is 1. The summed E-state index contributed by atoms with van der Waals surface area (Å²) in [4.78, 5) is 4.15. The van der Waals surface area contributed by atoms with Crippen LogP contribution in [0.3, 0.4) is 0 Å². The zero-order valence-electron chi connectivity index (χ0n) is 12.5. The number of hydrogen-bond donors (Lipinski definition) is 1. The SMILES string of the molecule is CC1CCCN(Cc2cnn(-c3ccccc3)n2)C1CN. The summed E-state index contributed by atoms with van der Waals surface area (Å²) >= 11 is 0. The fraction of sp³-hybridized carbons (Fsp3) is 0.500. The molecule has 3 rings (SSSR count). The zero-order chi connectivity index (χ0) is 14.7. The van der Waals surface area contributed by atoms with Crippen LogP contribution in [0.2, 0.25) is 0 Å². The third-order valence-corrected chi connectivity index (χ3v) is 4.36. The van der Waals surface area contributed by atoms with E-state index in [-0.39, 0.29) is 0 Å². The van der Waals surface area contributed by atoms with E-state index in [0.717, 1.165) is 24.5 Å². The fourth-order valence-electron chi connectivity index (χ4n) is 3.17. The molecular weight excluding hydrogens is 262 g/mol. The summed E-state index contributed by atoms with van der Waals surface area (Å²) in [7, 11) is 0. The Morgan fingerprint density at radius 2 is 2.10 bits per heavy atom. The average molecular weight is 285 g/mol. The molecule has 0 bridgehead atoms. The number of aromatic nitrogens is 3. The van der Waals surface area contributed by atoms with Crippen LogP contribution in [0.5, 0.6) is 0 Å². The van der Waals surface area contributed by atoms with Crippen molar-refractivity contribution in [2.75, 3.05) is 13.1 Å². The molecule has 1 fully saturated rings. The number of hydrogen-bond acceptors (Lipinski definition) is 4. The molecule has 1 aliphatic heterocycles. The maximum atomic E-state index is 5.95. The normalized spacial score (nSPS) is 23.3. The first-order valence-corrected chi connectivity index (χ1v) is 7.68. The van der Waals surface area contributed by atoms with Crippen LogP contribution in [0.4, 0.5) is 0 Å². The summed E-state index contributed by atoms with van der Waals surface area (Å²) in [5.41, 5.74) is 7.95. The van der Waals surface area contributed by atoms with Gasteiger partial charge < -0.3 is 5.73 Å². The molecular formula is C16H23N5. The molecule has 0 amide bonds. The molecule has 1 saturated heterocycles. The first-order valence-electron chi connectivity index (χ1n) is 7.68. The van der Waals surface area contributed by atoms with Crippen molar-refractivity contribution in [2.24, 2.45) is 11.7 Å². The van der Waals surface area contributed by atoms with Gasteiger partial charge in [0.2, 0.25) is 0 Å². The number of nitrogens with zero attached hydrogens (tertiary/aromatic N) is 4. The van der Waals surface area contributed by atoms with Crippen molar-refractivity contribution in [3.63, 3.8) is 0 Å². The van der Waals surface area contributed by atoms with Crippen LogP contribution in [-0.4, -0.2) is 39.0 Å². The highest BCUT2D eigenvalue weighted by atomic mass is 15.5. The standard InChI is InChI=1S/C16H23N5/c1-13-6-5-9-20(16(13)10-17)12-14-11-18-21(19-14)15-7-3-2-4-8-15/h2-4,7-8,11,13,16H,5-6,9-10,12,17H2,1H3. The van der Waals surface area contributed by atoms with Gasteiger partial charge >= 0.3 is 0 Å². The van der Waals surface area contributed by atoms with Gasteiger partial charge in [-0.15, -0.1) is 0 Å². The minimum absolute atomic E-state index is 0.459. The predicted molar refractivity (Wildman–Crippen MR) is 83.0 cm³/mol. The highest BCUT2D eigenvalue weighted by molar-refractivity contribution is 5.28. The van der Waals surface area contributed by atoms with E-state index >= 15 is 0 Å². The van der Waals surface area contributed by atoms with Gasteiger partial charge in [0, 0.05) is 19.1 Å². The first-order chi connectivity index (χ1) is 10.3. The molecule has 5 nitrogen and oxygen atoms in total. The van der Waals surface area contributed by atoms with Gasteiger partial charge in [-0.2, -0.15) is 15.0 Å². The lowest BCUT2D eigenvalue weighted by atomic mass is 9.91. The Bertz CT molecular complexity index is 565. The van der Waals surface area contributed by atoms with Crippen LogP contribution in [0.15, 0.2) is 36.5 Å². The van der Waals surface area contributed by atoms with Crippen LogP contribution in [0.1, 0.15) is 25.5 Å². The minimum atomic E-state index is 0.459. The van der Waals surface area contributed by atoms with Crippen molar-refractivity contribution < 1.29 is 0 Å². The van der Waals surface area contributed by atoms with Crippen molar-refractivity contribution in [3.05, 3.63) is 42.2 Å². The van der Waals surface area contributed by atoms with Crippen molar-refractivity contribution >= 4 is 0 Å². The Morgan fingerprint density at radius 3 is 2.86 bits per heavy atom. The summed E-state index contributed by atoms with van der Waals surface area (Å²) in [6, 6.07) is 10.5. The minimum Gasteiger partial charge on any atom is -0.329 e. The lowest BCUT2D eigenvalue weighted by Gasteiger charge is -2.38. The maximum absolute atomic E-state index is 5.95. The van der Waals surface area contributed by atoms with Gasteiger partial charge in [-0.3, -0.25) is 4.90 Å². The average Bonchev–Trinajstić information content (AvgIpc) is 2.97. The Hall–Kier alpha value is -1.72. The lowest BCUT2D eigenvalue weighted by molar-refractivity contribution is 0.0976. The van der Waals surface area contributed by atoms with E-state index in [1.807, 2.05) is 36.5 Å². The van der Waals surface area contributed by atoms with Gasteiger partial charge in [-0.1, -0.05) is 25.1 Å². The molecule has 2 N–H and O–H groups in total. The fourth-order valence-corrected chi connectivity index (χ4v) is 3.17. The highest BCUT2D eigenvalue weighted by Crippen LogP contribution is 2.23. The molecule has 0 aliphatic carbocycles. The number of rotatable bonds is 4. The Kier molecular flexibility index (Phi) is 4.31. The third kappa shape index (κ3) is 3.14. The van der Waals surface area contributed by atoms with Crippen LogP contribution >= 0.6 is 0 Å². The van der Waals surface area contributed by atoms with Gasteiger partial charge in [0.15, 0.2) is 0 Å². The Labute approximate surface area is 125 Å². The summed E-state index contributed by atoms with van der Waals surface area (Å²) in [6.45, 7) is 4.95. The zero-order valence-corrected chi connectivity index (χ0v) is 12.5. The van der Waals surface area contributed by atoms with Crippen LogP contribution in [0.25, 0.3) is 5.69 Å². The monoisotopic (exact) mass is 285 g/mol. The van der Waals surface area contributed by atoms with Crippen molar-refractivity contribution in [1.29, 1.82) is 0 Å². The summed E-state index contributed by atoms with van der Waals surface area (Å²) in [6.07, 6.45) is 4.37. The highest BCUT2D eigenvalue weighted by Gasteiger charge is 2.27. The molecule has 2 unspecified atom stereocenters. The predicted octanol–water partition coefficient (Wildman–Crippen LogP) is 1.83. The molecule has 112 valence electrons. The van der Waals surface area contributed by atoms with Crippen molar-refractivity contribution in [3.8, 4) is 5.69 Å². The molecule has 0 spiro atoms.